The van der Waals surface area contributed by atoms with Crippen molar-refractivity contribution in [1.29, 1.82) is 0 Å². The lowest BCUT2D eigenvalue weighted by Gasteiger charge is -2.18. The van der Waals surface area contributed by atoms with Gasteiger partial charge in [-0.15, -0.1) is 0 Å². The number of hydrogen-bond acceptors (Lipinski definition) is 2. The molecule has 4 atom stereocenters. The minimum Gasteiger partial charge on any atom is -0.393 e. The first-order valence-electron chi connectivity index (χ1n) is 4.32. The van der Waals surface area contributed by atoms with Crippen LogP contribution in [0.3, 0.4) is 0 Å². The van der Waals surface area contributed by atoms with Gasteiger partial charge in [0.05, 0.1) is 6.10 Å². The van der Waals surface area contributed by atoms with Crippen LogP contribution in [0, 0.1) is 11.8 Å². The highest BCUT2D eigenvalue weighted by molar-refractivity contribution is 7.13. The lowest BCUT2D eigenvalue weighted by Crippen LogP contribution is -2.23. The average Bonchev–Trinajstić information content (AvgIpc) is 2.30. The molecule has 66 valence electrons. The molecule has 0 bridgehead atoms. The highest BCUT2D eigenvalue weighted by Crippen LogP contribution is 2.30. The molecule has 0 aromatic carbocycles. The number of nitrogens with zero attached hydrogens (tertiary/aromatic N) is 1. The molecule has 0 amide bonds. The first-order chi connectivity index (χ1) is 5.15. The van der Waals surface area contributed by atoms with Crippen molar-refractivity contribution in [3.63, 3.8) is 0 Å². The van der Waals surface area contributed by atoms with Crippen LogP contribution in [0.1, 0.15) is 20.3 Å². The van der Waals surface area contributed by atoms with Gasteiger partial charge < -0.3 is 5.11 Å². The second kappa shape index (κ2) is 3.84. The summed E-state index contributed by atoms with van der Waals surface area (Å²) in [6, 6.07) is 0. The van der Waals surface area contributed by atoms with Crippen LogP contribution < -0.4 is 0 Å². The fraction of sp³-hybridized carbons (Fsp3) is 1.00. The third kappa shape index (κ3) is 2.14. The van der Waals surface area contributed by atoms with Crippen molar-refractivity contribution in [1.82, 2.24) is 4.67 Å². The van der Waals surface area contributed by atoms with E-state index >= 15 is 0 Å². The summed E-state index contributed by atoms with van der Waals surface area (Å²) < 4.78 is 2.23. The molecule has 2 unspecified atom stereocenters. The van der Waals surface area contributed by atoms with Crippen molar-refractivity contribution in [2.45, 2.75) is 26.4 Å². The molecule has 0 spiro atoms. The van der Waals surface area contributed by atoms with Gasteiger partial charge in [-0.25, -0.2) is 0 Å². The van der Waals surface area contributed by atoms with Crippen LogP contribution in [-0.2, 0) is 0 Å². The normalized spacial score (nSPS) is 36.0. The molecule has 3 heteroatoms. The maximum atomic E-state index is 9.44. The number of aliphatic hydroxyl groups excluding tert-OH is 1. The summed E-state index contributed by atoms with van der Waals surface area (Å²) in [6.07, 6.45) is 1.03. The van der Waals surface area contributed by atoms with Crippen LogP contribution in [0.4, 0.5) is 0 Å². The Morgan fingerprint density at radius 3 is 2.64 bits per heavy atom. The molecule has 11 heavy (non-hydrogen) atoms. The Morgan fingerprint density at radius 2 is 2.27 bits per heavy atom. The molecule has 2 nitrogen and oxygen atoms in total. The summed E-state index contributed by atoms with van der Waals surface area (Å²) in [4.78, 5) is 0. The lowest BCUT2D eigenvalue weighted by molar-refractivity contribution is 0.109. The van der Waals surface area contributed by atoms with Crippen molar-refractivity contribution in [2.75, 3.05) is 13.1 Å². The smallest absolute Gasteiger partial charge is 0.0555 e. The number of hydrogen-bond donors (Lipinski definition) is 1. The van der Waals surface area contributed by atoms with Gasteiger partial charge in [0.1, 0.15) is 0 Å². The van der Waals surface area contributed by atoms with Gasteiger partial charge in [-0.1, -0.05) is 22.7 Å². The summed E-state index contributed by atoms with van der Waals surface area (Å²) in [6.45, 7) is 6.25. The summed E-state index contributed by atoms with van der Waals surface area (Å²) in [7, 11) is 2.72. The SMILES string of the molecule is CC[C@@H]1CN(P)C[C@@H]1C(C)O. The fourth-order valence-electron chi connectivity index (χ4n) is 1.91. The third-order valence-electron chi connectivity index (χ3n) is 2.66. The van der Waals surface area contributed by atoms with Crippen LogP contribution >= 0.6 is 9.39 Å². The van der Waals surface area contributed by atoms with Crippen LogP contribution in [0.2, 0.25) is 0 Å². The Bertz CT molecular complexity index is 129. The molecule has 1 saturated heterocycles. The molecule has 0 aromatic heterocycles. The topological polar surface area (TPSA) is 23.5 Å². The van der Waals surface area contributed by atoms with Crippen molar-refractivity contribution in [3.8, 4) is 0 Å². The van der Waals surface area contributed by atoms with Crippen LogP contribution in [0.25, 0.3) is 0 Å². The van der Waals surface area contributed by atoms with E-state index < -0.39 is 0 Å². The summed E-state index contributed by atoms with van der Waals surface area (Å²) >= 11 is 0. The first kappa shape index (κ1) is 9.44. The van der Waals surface area contributed by atoms with E-state index in [4.69, 9.17) is 0 Å². The lowest BCUT2D eigenvalue weighted by atomic mass is 9.90. The molecule has 1 N–H and O–H groups in total. The van der Waals surface area contributed by atoms with E-state index in [1.807, 2.05) is 6.92 Å². The Kier molecular flexibility index (Phi) is 3.29. The molecule has 1 aliphatic rings. The minimum absolute atomic E-state index is 0.148. The van der Waals surface area contributed by atoms with Crippen molar-refractivity contribution in [3.05, 3.63) is 0 Å². The summed E-state index contributed by atoms with van der Waals surface area (Å²) in [5, 5.41) is 9.44. The molecular weight excluding hydrogens is 157 g/mol. The second-order valence-electron chi connectivity index (χ2n) is 3.53. The molecule has 0 aliphatic carbocycles. The zero-order valence-corrected chi connectivity index (χ0v) is 8.48. The van der Waals surface area contributed by atoms with Crippen LogP contribution in [-0.4, -0.2) is 29.0 Å². The van der Waals surface area contributed by atoms with E-state index in [1.165, 1.54) is 6.42 Å². The quantitative estimate of drug-likeness (QED) is 0.636. The largest absolute Gasteiger partial charge is 0.393 e. The van der Waals surface area contributed by atoms with E-state index in [9.17, 15) is 5.11 Å². The minimum atomic E-state index is -0.148. The highest BCUT2D eigenvalue weighted by atomic mass is 31.0. The van der Waals surface area contributed by atoms with Crippen molar-refractivity contribution < 1.29 is 5.11 Å². The van der Waals surface area contributed by atoms with Gasteiger partial charge in [0.2, 0.25) is 0 Å². The van der Waals surface area contributed by atoms with E-state index in [0.717, 1.165) is 13.1 Å². The zero-order valence-electron chi connectivity index (χ0n) is 7.33. The maximum Gasteiger partial charge on any atom is 0.0555 e. The average molecular weight is 175 g/mol. The van der Waals surface area contributed by atoms with E-state index in [1.54, 1.807) is 0 Å². The Hall–Kier alpha value is 0.350. The molecule has 0 aromatic rings. The number of rotatable bonds is 2. The van der Waals surface area contributed by atoms with Crippen molar-refractivity contribution in [2.24, 2.45) is 11.8 Å². The molecule has 0 radical (unpaired) electrons. The van der Waals surface area contributed by atoms with Gasteiger partial charge in [-0.2, -0.15) is 0 Å². The zero-order chi connectivity index (χ0) is 8.43. The predicted molar refractivity (Wildman–Crippen MR) is 50.2 cm³/mol. The van der Waals surface area contributed by atoms with Gasteiger partial charge in [-0.3, -0.25) is 4.67 Å². The van der Waals surface area contributed by atoms with E-state index in [2.05, 4.69) is 21.0 Å². The Morgan fingerprint density at radius 1 is 1.64 bits per heavy atom. The molecule has 1 aliphatic heterocycles. The molecule has 1 fully saturated rings. The van der Waals surface area contributed by atoms with Gasteiger partial charge in [-0.05, 0) is 12.8 Å². The van der Waals surface area contributed by atoms with E-state index in [-0.39, 0.29) is 6.10 Å². The Labute approximate surface area is 71.2 Å². The molecule has 1 rings (SSSR count). The third-order valence-corrected chi connectivity index (χ3v) is 3.09. The predicted octanol–water partition coefficient (Wildman–Crippen LogP) is 1.12. The fourth-order valence-corrected chi connectivity index (χ4v) is 2.42. The van der Waals surface area contributed by atoms with Crippen LogP contribution in [0.15, 0.2) is 0 Å². The maximum absolute atomic E-state index is 9.44. The van der Waals surface area contributed by atoms with Crippen LogP contribution in [0.5, 0.6) is 0 Å². The monoisotopic (exact) mass is 175 g/mol. The first-order valence-corrected chi connectivity index (χ1v) is 4.84. The van der Waals surface area contributed by atoms with Crippen molar-refractivity contribution >= 4 is 9.39 Å². The molecular formula is C8H18NOP. The van der Waals surface area contributed by atoms with Gasteiger partial charge in [0, 0.05) is 19.0 Å². The van der Waals surface area contributed by atoms with Gasteiger partial charge in [0.15, 0.2) is 0 Å². The van der Waals surface area contributed by atoms with Gasteiger partial charge >= 0.3 is 0 Å². The standard InChI is InChI=1S/C8H18NOP/c1-3-7-4-9(11)5-8(7)6(2)10/h6-8,10H,3-5,11H2,1-2H3/t6?,7-,8-/m1/s1. The van der Waals surface area contributed by atoms with Gasteiger partial charge in [0.25, 0.3) is 0 Å². The molecule has 0 saturated carbocycles. The number of aliphatic hydroxyl groups is 1. The molecule has 1 heterocycles. The Balaban J connectivity index is 2.50. The van der Waals surface area contributed by atoms with E-state index in [0.29, 0.717) is 11.8 Å². The second-order valence-corrected chi connectivity index (χ2v) is 4.26. The summed E-state index contributed by atoms with van der Waals surface area (Å²) in [5.74, 6) is 1.17. The summed E-state index contributed by atoms with van der Waals surface area (Å²) in [5.41, 5.74) is 0. The highest BCUT2D eigenvalue weighted by Gasteiger charge is 2.32.